The quantitative estimate of drug-likeness (QED) is 0.197. The molecule has 3 amide bonds. The number of piperazine rings is 1. The van der Waals surface area contributed by atoms with Crippen LogP contribution in [0.2, 0.25) is 0 Å². The van der Waals surface area contributed by atoms with Crippen molar-refractivity contribution in [3.63, 3.8) is 0 Å². The monoisotopic (exact) mass is 743 g/mol. The number of carbonyl (C=O) groups is 3. The Balaban J connectivity index is 1.08. The number of hydrogen-bond donors (Lipinski definition) is 2. The zero-order chi connectivity index (χ0) is 36.7. The number of carbonyl (C=O) groups excluding carboxylic acids is 3. The minimum atomic E-state index is -4.00. The van der Waals surface area contributed by atoms with Crippen LogP contribution in [0.3, 0.4) is 0 Å². The van der Waals surface area contributed by atoms with E-state index in [2.05, 4.69) is 15.0 Å². The van der Waals surface area contributed by atoms with Crippen LogP contribution in [0.5, 0.6) is 0 Å². The number of nitrogens with one attached hydrogen (secondary N) is 2. The van der Waals surface area contributed by atoms with E-state index >= 15 is 0 Å². The number of thiazole rings is 1. The molecule has 1 atom stereocenters. The molecule has 7 rings (SSSR count). The van der Waals surface area contributed by atoms with Crippen molar-refractivity contribution < 1.29 is 27.5 Å². The molecule has 3 aliphatic rings. The van der Waals surface area contributed by atoms with Gasteiger partial charge in [0.1, 0.15) is 24.8 Å². The maximum absolute atomic E-state index is 13.7. The van der Waals surface area contributed by atoms with E-state index in [4.69, 9.17) is 9.72 Å². The summed E-state index contributed by atoms with van der Waals surface area (Å²) in [6.45, 7) is 8.29. The number of sulfonamides is 1. The second-order valence-corrected chi connectivity index (χ2v) is 16.4. The first-order valence-corrected chi connectivity index (χ1v) is 19.7. The number of aromatic nitrogens is 2. The van der Waals surface area contributed by atoms with E-state index in [0.29, 0.717) is 52.6 Å². The molecule has 1 aliphatic carbocycles. The van der Waals surface area contributed by atoms with Crippen molar-refractivity contribution in [2.75, 3.05) is 29.9 Å². The molecule has 13 nitrogen and oxygen atoms in total. The van der Waals surface area contributed by atoms with E-state index in [9.17, 15) is 22.8 Å². The van der Waals surface area contributed by atoms with Crippen LogP contribution < -0.4 is 14.9 Å². The third-order valence-corrected chi connectivity index (χ3v) is 12.3. The van der Waals surface area contributed by atoms with Crippen LogP contribution in [0.25, 0.3) is 10.4 Å². The average Bonchev–Trinajstić information content (AvgIpc) is 3.83. The average molecular weight is 744 g/mol. The molecule has 272 valence electrons. The molecule has 1 unspecified atom stereocenters. The molecule has 1 saturated heterocycles. The number of aryl methyl sites for hydroxylation is 1. The highest BCUT2D eigenvalue weighted by atomic mass is 32.2. The Morgan fingerprint density at radius 1 is 1.00 bits per heavy atom. The van der Waals surface area contributed by atoms with Gasteiger partial charge in [-0.25, -0.2) is 27.9 Å². The lowest BCUT2D eigenvalue weighted by Gasteiger charge is -2.33. The summed E-state index contributed by atoms with van der Waals surface area (Å²) in [4.78, 5) is 54.3. The first-order chi connectivity index (χ1) is 24.9. The summed E-state index contributed by atoms with van der Waals surface area (Å²) in [5.74, 6) is 0.804. The van der Waals surface area contributed by atoms with Crippen molar-refractivity contribution in [2.24, 2.45) is 5.92 Å². The van der Waals surface area contributed by atoms with Gasteiger partial charge in [-0.3, -0.25) is 19.4 Å². The lowest BCUT2D eigenvalue weighted by atomic mass is 10.0. The Kier molecular flexibility index (Phi) is 9.76. The number of fused-ring (bicyclic) bond motifs is 1. The Bertz CT molecular complexity index is 2130. The molecule has 4 aromatic rings. The lowest BCUT2D eigenvalue weighted by Crippen LogP contribution is -2.52. The van der Waals surface area contributed by atoms with Crippen LogP contribution in [-0.2, 0) is 32.7 Å². The maximum Gasteiger partial charge on any atom is 0.410 e. The largest absolute Gasteiger partial charge is 0.445 e. The van der Waals surface area contributed by atoms with Gasteiger partial charge in [-0.05, 0) is 87.4 Å². The van der Waals surface area contributed by atoms with E-state index in [1.165, 1.54) is 21.1 Å². The summed E-state index contributed by atoms with van der Waals surface area (Å²) >= 11 is 1.34. The van der Waals surface area contributed by atoms with E-state index < -0.39 is 16.1 Å². The molecule has 15 heteroatoms. The number of ether oxygens (including phenoxy) is 1. The van der Waals surface area contributed by atoms with Gasteiger partial charge in [0.05, 0.1) is 21.0 Å². The van der Waals surface area contributed by atoms with Gasteiger partial charge >= 0.3 is 6.09 Å². The summed E-state index contributed by atoms with van der Waals surface area (Å²) in [5.41, 5.74) is 3.13. The molecule has 0 spiro atoms. The van der Waals surface area contributed by atoms with Crippen molar-refractivity contribution in [1.29, 1.82) is 0 Å². The second-order valence-electron chi connectivity index (χ2n) is 13.7. The number of amides is 3. The third kappa shape index (κ3) is 7.38. The molecular formula is C37H41N7O6S2. The van der Waals surface area contributed by atoms with Crippen LogP contribution in [0, 0.1) is 12.8 Å². The van der Waals surface area contributed by atoms with Crippen molar-refractivity contribution >= 4 is 56.0 Å². The number of anilines is 3. The predicted octanol–water partition coefficient (Wildman–Crippen LogP) is 5.68. The van der Waals surface area contributed by atoms with Crippen LogP contribution in [0.15, 0.2) is 65.6 Å². The SMILES string of the molecule is Cc1nc(Nc2cccc(N3CCN(C(=O)OCc4ccccc4)CC3=O)n2)sc1-c1cc2c(c(S(=O)(=O)NC(C)C)c1)C(=O)N(C(C)C1CC1)C2. The number of pyridine rings is 1. The summed E-state index contributed by atoms with van der Waals surface area (Å²) in [5, 5.41) is 3.77. The highest BCUT2D eigenvalue weighted by molar-refractivity contribution is 7.89. The highest BCUT2D eigenvalue weighted by Gasteiger charge is 2.41. The zero-order valence-electron chi connectivity index (χ0n) is 29.5. The van der Waals surface area contributed by atoms with Gasteiger partial charge in [-0.15, -0.1) is 0 Å². The molecule has 1 saturated carbocycles. The van der Waals surface area contributed by atoms with Crippen molar-refractivity contribution in [3.8, 4) is 10.4 Å². The molecule has 2 aliphatic heterocycles. The van der Waals surface area contributed by atoms with E-state index in [-0.39, 0.29) is 54.1 Å². The van der Waals surface area contributed by atoms with E-state index in [1.807, 2.05) is 50.2 Å². The van der Waals surface area contributed by atoms with Gasteiger partial charge in [0.2, 0.25) is 15.9 Å². The normalized spacial score (nSPS) is 16.8. The number of hydrogen-bond acceptors (Lipinski definition) is 10. The summed E-state index contributed by atoms with van der Waals surface area (Å²) in [6.07, 6.45) is 1.59. The second kappa shape index (κ2) is 14.3. The summed E-state index contributed by atoms with van der Waals surface area (Å²) in [7, 11) is -4.00. The molecule has 52 heavy (non-hydrogen) atoms. The molecule has 0 radical (unpaired) electrons. The molecular weight excluding hydrogens is 703 g/mol. The summed E-state index contributed by atoms with van der Waals surface area (Å²) < 4.78 is 35.4. The van der Waals surface area contributed by atoms with Crippen LogP contribution in [-0.4, -0.2) is 77.8 Å². The number of benzene rings is 2. The number of nitrogens with zero attached hydrogens (tertiary/aromatic N) is 5. The highest BCUT2D eigenvalue weighted by Crippen LogP contribution is 2.42. The molecule has 2 N–H and O–H groups in total. The first kappa shape index (κ1) is 35.5. The fourth-order valence-corrected chi connectivity index (χ4v) is 9.15. The first-order valence-electron chi connectivity index (χ1n) is 17.4. The van der Waals surface area contributed by atoms with Gasteiger partial charge < -0.3 is 15.0 Å². The fourth-order valence-electron chi connectivity index (χ4n) is 6.67. The Hall–Kier alpha value is -4.86. The molecule has 2 aromatic heterocycles. The molecule has 4 heterocycles. The summed E-state index contributed by atoms with van der Waals surface area (Å²) in [6, 6.07) is 17.8. The Morgan fingerprint density at radius 2 is 1.77 bits per heavy atom. The van der Waals surface area contributed by atoms with Gasteiger partial charge in [0, 0.05) is 31.7 Å². The van der Waals surface area contributed by atoms with Crippen molar-refractivity contribution in [1.82, 2.24) is 24.5 Å². The Labute approximate surface area is 307 Å². The Morgan fingerprint density at radius 3 is 2.48 bits per heavy atom. The van der Waals surface area contributed by atoms with Crippen molar-refractivity contribution in [3.05, 3.63) is 83.0 Å². The molecule has 2 fully saturated rings. The van der Waals surface area contributed by atoms with Gasteiger partial charge in [0.15, 0.2) is 5.13 Å². The number of rotatable bonds is 11. The third-order valence-electron chi connectivity index (χ3n) is 9.46. The smallest absolute Gasteiger partial charge is 0.410 e. The van der Waals surface area contributed by atoms with Gasteiger partial charge in [0.25, 0.3) is 5.91 Å². The topological polar surface area (TPSA) is 154 Å². The van der Waals surface area contributed by atoms with Crippen molar-refractivity contribution in [2.45, 2.75) is 70.7 Å². The zero-order valence-corrected chi connectivity index (χ0v) is 31.1. The molecule has 0 bridgehead atoms. The maximum atomic E-state index is 13.7. The fraction of sp³-hybridized carbons (Fsp3) is 0.378. The van der Waals surface area contributed by atoms with E-state index in [0.717, 1.165) is 23.3 Å². The van der Waals surface area contributed by atoms with Gasteiger partial charge in [-0.2, -0.15) is 0 Å². The lowest BCUT2D eigenvalue weighted by molar-refractivity contribution is -0.121. The standard InChI is InChI=1S/C37H41N7O6S2/c1-22(2)41-52(48,49)29-18-27(17-28-19-44(35(46)33(28)29)24(4)26-13-14-26)34-23(3)38-36(51-34)40-30-11-8-12-31(39-30)43-16-15-42(20-32(43)45)37(47)50-21-25-9-6-5-7-10-25/h5-12,17-18,22,24,26,41H,13-16,19-21H2,1-4H3,(H,38,39,40). The van der Waals surface area contributed by atoms with Crippen LogP contribution >= 0.6 is 11.3 Å². The van der Waals surface area contributed by atoms with Crippen LogP contribution in [0.4, 0.5) is 21.6 Å². The molecule has 2 aromatic carbocycles. The van der Waals surface area contributed by atoms with Crippen LogP contribution in [0.1, 0.15) is 60.8 Å². The van der Waals surface area contributed by atoms with E-state index in [1.54, 1.807) is 43.0 Å². The van der Waals surface area contributed by atoms with Gasteiger partial charge in [-0.1, -0.05) is 47.7 Å². The minimum absolute atomic E-state index is 0.0184. The minimum Gasteiger partial charge on any atom is -0.445 e. The predicted molar refractivity (Wildman–Crippen MR) is 198 cm³/mol.